The maximum absolute atomic E-state index is 14.7. The van der Waals surface area contributed by atoms with Gasteiger partial charge in [0.15, 0.2) is 0 Å². The van der Waals surface area contributed by atoms with E-state index in [9.17, 15) is 14.0 Å². The minimum atomic E-state index is -0.534. The van der Waals surface area contributed by atoms with Gasteiger partial charge in [0.25, 0.3) is 0 Å². The van der Waals surface area contributed by atoms with E-state index < -0.39 is 12.2 Å². The van der Waals surface area contributed by atoms with Gasteiger partial charge in [-0.15, -0.1) is 0 Å². The average Bonchev–Trinajstić information content (AvgIpc) is 3.02. The van der Waals surface area contributed by atoms with Crippen LogP contribution in [0.15, 0.2) is 30.0 Å². The summed E-state index contributed by atoms with van der Waals surface area (Å²) >= 11 is 0. The molecule has 2 aliphatic rings. The number of nitrogens with one attached hydrogen (secondary N) is 2. The van der Waals surface area contributed by atoms with E-state index in [1.807, 2.05) is 6.08 Å². The Hall–Kier alpha value is -2.61. The Balaban J connectivity index is 1.67. The summed E-state index contributed by atoms with van der Waals surface area (Å²) in [6, 6.07) is 4.86. The summed E-state index contributed by atoms with van der Waals surface area (Å²) in [5, 5.41) is 2.62. The van der Waals surface area contributed by atoms with Crippen LogP contribution in [0.4, 0.5) is 14.9 Å². The highest BCUT2D eigenvalue weighted by Gasteiger charge is 2.33. The van der Waals surface area contributed by atoms with Gasteiger partial charge in [0.1, 0.15) is 11.9 Å². The van der Waals surface area contributed by atoms with E-state index >= 15 is 0 Å². The molecule has 1 aromatic carbocycles. The summed E-state index contributed by atoms with van der Waals surface area (Å²) in [6.07, 6.45) is 3.39. The smallest absolute Gasteiger partial charge is 0.414 e. The van der Waals surface area contributed by atoms with Crippen LogP contribution < -0.4 is 15.7 Å². The number of carbonyl (C=O) groups excluding carboxylic acids is 2. The first-order valence-electron chi connectivity index (χ1n) is 8.98. The molecule has 1 aromatic rings. The van der Waals surface area contributed by atoms with Crippen LogP contribution in [0.3, 0.4) is 0 Å². The molecule has 1 saturated heterocycles. The van der Waals surface area contributed by atoms with Crippen LogP contribution in [0.25, 0.3) is 0 Å². The highest BCUT2D eigenvalue weighted by molar-refractivity contribution is 5.89. The third kappa shape index (κ3) is 4.57. The van der Waals surface area contributed by atoms with Crippen LogP contribution in [0.2, 0.25) is 0 Å². The Labute approximate surface area is 157 Å². The van der Waals surface area contributed by atoms with Gasteiger partial charge in [-0.05, 0) is 42.9 Å². The standard InChI is InChI=1S/C19H24FN3O4/c1-12(24)21-10-16-11-23(19(25)27-16)15-7-8-17(18(20)9-15)13-3-5-14(6-4-13)22-26-2/h5,7-9,13,16,22H,3-4,6,10-11H2,1-2H3,(H,21,24). The van der Waals surface area contributed by atoms with Gasteiger partial charge in [-0.2, -0.15) is 0 Å². The molecule has 0 aromatic heterocycles. The van der Waals surface area contributed by atoms with Crippen LogP contribution in [-0.2, 0) is 14.4 Å². The number of hydroxylamine groups is 1. The van der Waals surface area contributed by atoms with Crippen molar-refractivity contribution < 1.29 is 23.6 Å². The molecule has 1 fully saturated rings. The van der Waals surface area contributed by atoms with E-state index in [0.717, 1.165) is 25.0 Å². The molecule has 3 rings (SSSR count). The van der Waals surface area contributed by atoms with Gasteiger partial charge in [-0.1, -0.05) is 12.1 Å². The van der Waals surface area contributed by atoms with Gasteiger partial charge >= 0.3 is 6.09 Å². The van der Waals surface area contributed by atoms with Crippen LogP contribution in [0, 0.1) is 5.82 Å². The van der Waals surface area contributed by atoms with Crippen molar-refractivity contribution in [2.45, 2.75) is 38.2 Å². The average molecular weight is 377 g/mol. The third-order valence-electron chi connectivity index (χ3n) is 4.83. The highest BCUT2D eigenvalue weighted by Crippen LogP contribution is 2.34. The van der Waals surface area contributed by atoms with E-state index in [2.05, 4.69) is 10.8 Å². The number of allylic oxidation sites excluding steroid dienone is 2. The molecule has 1 aliphatic carbocycles. The van der Waals surface area contributed by atoms with Crippen molar-refractivity contribution in [3.05, 3.63) is 41.4 Å². The SMILES string of the molecule is CONC1=CCC(c2ccc(N3CC(CNC(C)=O)OC3=O)cc2F)CC1. The van der Waals surface area contributed by atoms with E-state index in [-0.39, 0.29) is 30.7 Å². The number of anilines is 1. The maximum atomic E-state index is 14.7. The highest BCUT2D eigenvalue weighted by atomic mass is 19.1. The normalized spacial score (nSPS) is 22.3. The number of ether oxygens (including phenoxy) is 1. The Morgan fingerprint density at radius 2 is 2.26 bits per heavy atom. The predicted molar refractivity (Wildman–Crippen MR) is 97.5 cm³/mol. The number of rotatable bonds is 6. The van der Waals surface area contributed by atoms with Gasteiger partial charge in [0.05, 0.1) is 25.9 Å². The molecule has 146 valence electrons. The second kappa shape index (κ2) is 8.39. The number of carbonyl (C=O) groups is 2. The second-order valence-corrected chi connectivity index (χ2v) is 6.77. The van der Waals surface area contributed by atoms with Crippen LogP contribution in [0.1, 0.15) is 37.7 Å². The molecule has 1 heterocycles. The largest absolute Gasteiger partial charge is 0.442 e. The van der Waals surface area contributed by atoms with Crippen molar-refractivity contribution in [1.29, 1.82) is 0 Å². The van der Waals surface area contributed by atoms with Gasteiger partial charge < -0.3 is 10.1 Å². The fourth-order valence-electron chi connectivity index (χ4n) is 3.45. The summed E-state index contributed by atoms with van der Waals surface area (Å²) in [7, 11) is 1.56. The zero-order chi connectivity index (χ0) is 19.4. The number of benzene rings is 1. The first kappa shape index (κ1) is 19.2. The zero-order valence-corrected chi connectivity index (χ0v) is 15.5. The fourth-order valence-corrected chi connectivity index (χ4v) is 3.45. The molecule has 8 heteroatoms. The van der Waals surface area contributed by atoms with Crippen molar-refractivity contribution in [3.63, 3.8) is 0 Å². The molecular weight excluding hydrogens is 353 g/mol. The second-order valence-electron chi connectivity index (χ2n) is 6.77. The van der Waals surface area contributed by atoms with Crippen molar-refractivity contribution in [1.82, 2.24) is 10.8 Å². The number of cyclic esters (lactones) is 1. The van der Waals surface area contributed by atoms with Crippen molar-refractivity contribution in [2.75, 3.05) is 25.1 Å². The van der Waals surface area contributed by atoms with Gasteiger partial charge in [0.2, 0.25) is 5.91 Å². The molecule has 7 nitrogen and oxygen atoms in total. The van der Waals surface area contributed by atoms with Gasteiger partial charge in [-0.25, -0.2) is 9.18 Å². The van der Waals surface area contributed by atoms with E-state index in [1.54, 1.807) is 19.2 Å². The van der Waals surface area contributed by atoms with Crippen molar-refractivity contribution >= 4 is 17.7 Å². The molecule has 0 spiro atoms. The van der Waals surface area contributed by atoms with Gasteiger partial charge in [-0.3, -0.25) is 20.0 Å². The first-order valence-corrected chi connectivity index (χ1v) is 8.98. The lowest BCUT2D eigenvalue weighted by Gasteiger charge is -2.23. The molecule has 2 N–H and O–H groups in total. The summed E-state index contributed by atoms with van der Waals surface area (Å²) in [6.45, 7) is 1.91. The van der Waals surface area contributed by atoms with Crippen molar-refractivity contribution in [2.24, 2.45) is 0 Å². The monoisotopic (exact) mass is 377 g/mol. The zero-order valence-electron chi connectivity index (χ0n) is 15.5. The number of nitrogens with zero attached hydrogens (tertiary/aromatic N) is 1. The summed E-state index contributed by atoms with van der Waals surface area (Å²) < 4.78 is 19.9. The molecule has 27 heavy (non-hydrogen) atoms. The number of hydrogen-bond donors (Lipinski definition) is 2. The summed E-state index contributed by atoms with van der Waals surface area (Å²) in [5.41, 5.74) is 4.94. The molecule has 1 aliphatic heterocycles. The van der Waals surface area contributed by atoms with E-state index in [0.29, 0.717) is 11.3 Å². The topological polar surface area (TPSA) is 79.9 Å². The molecule has 2 unspecified atom stereocenters. The lowest BCUT2D eigenvalue weighted by Crippen LogP contribution is -2.33. The van der Waals surface area contributed by atoms with Crippen LogP contribution in [0.5, 0.6) is 0 Å². The number of hydrogen-bond acceptors (Lipinski definition) is 5. The Kier molecular flexibility index (Phi) is 5.95. The first-order chi connectivity index (χ1) is 13.0. The molecular formula is C19H24FN3O4. The number of amides is 2. The number of halogens is 1. The summed E-state index contributed by atoms with van der Waals surface area (Å²) in [5.74, 6) is -0.419. The van der Waals surface area contributed by atoms with E-state index in [1.165, 1.54) is 17.9 Å². The molecule has 0 radical (unpaired) electrons. The Morgan fingerprint density at radius 3 is 2.89 bits per heavy atom. The van der Waals surface area contributed by atoms with Crippen LogP contribution in [-0.4, -0.2) is 38.3 Å². The minimum absolute atomic E-state index is 0.0968. The minimum Gasteiger partial charge on any atom is -0.442 e. The third-order valence-corrected chi connectivity index (χ3v) is 4.83. The van der Waals surface area contributed by atoms with Crippen LogP contribution >= 0.6 is 0 Å². The Morgan fingerprint density at radius 1 is 1.44 bits per heavy atom. The Bertz CT molecular complexity index is 752. The quantitative estimate of drug-likeness (QED) is 0.745. The van der Waals surface area contributed by atoms with E-state index in [4.69, 9.17) is 9.57 Å². The summed E-state index contributed by atoms with van der Waals surface area (Å²) in [4.78, 5) is 29.4. The fraction of sp³-hybridized carbons (Fsp3) is 0.474. The lowest BCUT2D eigenvalue weighted by molar-refractivity contribution is -0.119. The molecule has 0 bridgehead atoms. The molecule has 0 saturated carbocycles. The van der Waals surface area contributed by atoms with Gasteiger partial charge in [0, 0.05) is 12.6 Å². The maximum Gasteiger partial charge on any atom is 0.414 e. The lowest BCUT2D eigenvalue weighted by atomic mass is 9.86. The molecule has 2 amide bonds. The predicted octanol–water partition coefficient (Wildman–Crippen LogP) is 2.59. The molecule has 2 atom stereocenters. The van der Waals surface area contributed by atoms with Crippen molar-refractivity contribution in [3.8, 4) is 0 Å².